The summed E-state index contributed by atoms with van der Waals surface area (Å²) in [4.78, 5) is 7.19. The van der Waals surface area contributed by atoms with Crippen molar-refractivity contribution in [3.8, 4) is 5.88 Å². The summed E-state index contributed by atoms with van der Waals surface area (Å²) in [6.45, 7) is 0. The summed E-state index contributed by atoms with van der Waals surface area (Å²) in [6.07, 6.45) is 2.37. The third-order valence-electron chi connectivity index (χ3n) is 0.984. The summed E-state index contributed by atoms with van der Waals surface area (Å²) in [5.74, 6) is 0.291. The minimum Gasteiger partial charge on any atom is -0.767 e. The number of hydrogen-bond acceptors (Lipinski definition) is 5. The molecule has 0 aliphatic carbocycles. The van der Waals surface area contributed by atoms with Crippen LogP contribution in [0.1, 0.15) is 0 Å². The molecule has 7 heteroatoms. The second-order valence-electron chi connectivity index (χ2n) is 1.63. The van der Waals surface area contributed by atoms with Crippen molar-refractivity contribution in [2.24, 2.45) is 0 Å². The first kappa shape index (κ1) is 12.0. The van der Waals surface area contributed by atoms with Gasteiger partial charge in [0.05, 0.1) is 19.5 Å². The zero-order valence-electron chi connectivity index (χ0n) is 6.68. The molecule has 12 heavy (non-hydrogen) atoms. The van der Waals surface area contributed by atoms with Gasteiger partial charge in [0.2, 0.25) is 5.88 Å². The van der Waals surface area contributed by atoms with Crippen LogP contribution < -0.4 is 34.3 Å². The Labute approximate surface area is 94.1 Å². The van der Waals surface area contributed by atoms with Crippen LogP contribution in [0.4, 0.5) is 0 Å². The predicted octanol–water partition coefficient (Wildman–Crippen LogP) is -3.27. The molecule has 1 heterocycles. The van der Waals surface area contributed by atoms with E-state index in [4.69, 9.17) is 0 Å². The van der Waals surface area contributed by atoms with Crippen molar-refractivity contribution in [2.45, 2.75) is 5.03 Å². The maximum atomic E-state index is 10.3. The fraction of sp³-hybridized carbons (Fsp3) is 0.200. The Morgan fingerprint density at radius 3 is 2.50 bits per heavy atom. The summed E-state index contributed by atoms with van der Waals surface area (Å²) >= 11 is -2.32. The van der Waals surface area contributed by atoms with Crippen LogP contribution in [0.5, 0.6) is 5.88 Å². The summed E-state index contributed by atoms with van der Waals surface area (Å²) in [5.41, 5.74) is 0. The van der Waals surface area contributed by atoms with Crippen LogP contribution >= 0.6 is 0 Å². The zero-order valence-corrected chi connectivity index (χ0v) is 9.50. The standard InChI is InChI=1S/C5H6N2O3S.Na/c1-10-4-2-7-5(3-6-4)11(8)9;/h2-3H,1H3,(H,8,9);/q;+1/p-1. The van der Waals surface area contributed by atoms with Gasteiger partial charge in [-0.25, -0.2) is 9.97 Å². The Balaban J connectivity index is 0.00000121. The first-order valence-corrected chi connectivity index (χ1v) is 3.77. The van der Waals surface area contributed by atoms with Crippen LogP contribution in [-0.2, 0) is 11.1 Å². The molecule has 0 aromatic carbocycles. The van der Waals surface area contributed by atoms with Crippen LogP contribution in [0.25, 0.3) is 0 Å². The average Bonchev–Trinajstić information content (AvgIpc) is 2.05. The SMILES string of the molecule is COc1cnc(S(=O)[O-])cn1.[Na+]. The average molecular weight is 196 g/mol. The second kappa shape index (κ2) is 5.60. The van der Waals surface area contributed by atoms with Crippen molar-refractivity contribution in [3.63, 3.8) is 0 Å². The number of hydrogen-bond donors (Lipinski definition) is 0. The fourth-order valence-corrected chi connectivity index (χ4v) is 0.773. The predicted molar refractivity (Wildman–Crippen MR) is 35.8 cm³/mol. The Bertz CT molecular complexity index is 266. The van der Waals surface area contributed by atoms with E-state index in [1.807, 2.05) is 0 Å². The van der Waals surface area contributed by atoms with Crippen molar-refractivity contribution in [2.75, 3.05) is 7.11 Å². The van der Waals surface area contributed by atoms with Gasteiger partial charge in [-0.1, -0.05) is 0 Å². The summed E-state index contributed by atoms with van der Waals surface area (Å²) in [7, 11) is 1.43. The van der Waals surface area contributed by atoms with Crippen LogP contribution in [0.3, 0.4) is 0 Å². The molecule has 0 bridgehead atoms. The van der Waals surface area contributed by atoms with Crippen molar-refractivity contribution in [1.29, 1.82) is 0 Å². The van der Waals surface area contributed by atoms with Gasteiger partial charge in [0.15, 0.2) is 0 Å². The van der Waals surface area contributed by atoms with Crippen LogP contribution in [-0.4, -0.2) is 25.8 Å². The Morgan fingerprint density at radius 2 is 2.17 bits per heavy atom. The van der Waals surface area contributed by atoms with E-state index in [1.165, 1.54) is 13.3 Å². The molecule has 0 spiro atoms. The maximum Gasteiger partial charge on any atom is 1.00 e. The quantitative estimate of drug-likeness (QED) is 0.366. The minimum absolute atomic E-state index is 0. The van der Waals surface area contributed by atoms with Crippen molar-refractivity contribution in [3.05, 3.63) is 12.4 Å². The van der Waals surface area contributed by atoms with Crippen LogP contribution in [0, 0.1) is 0 Å². The molecule has 1 unspecified atom stereocenters. The van der Waals surface area contributed by atoms with Crippen LogP contribution in [0.15, 0.2) is 17.4 Å². The van der Waals surface area contributed by atoms with Gasteiger partial charge in [0.25, 0.3) is 0 Å². The number of aromatic nitrogens is 2. The third kappa shape index (κ3) is 3.16. The Hall–Kier alpha value is -0.0100. The number of methoxy groups -OCH3 is 1. The molecule has 0 amide bonds. The molecule has 60 valence electrons. The Morgan fingerprint density at radius 1 is 1.50 bits per heavy atom. The van der Waals surface area contributed by atoms with Crippen LogP contribution in [0.2, 0.25) is 0 Å². The molecule has 0 fully saturated rings. The topological polar surface area (TPSA) is 75.1 Å². The minimum atomic E-state index is -2.32. The largest absolute Gasteiger partial charge is 1.00 e. The van der Waals surface area contributed by atoms with E-state index in [2.05, 4.69) is 14.7 Å². The van der Waals surface area contributed by atoms with E-state index in [0.717, 1.165) is 6.20 Å². The second-order valence-corrected chi connectivity index (χ2v) is 2.52. The molecule has 0 radical (unpaired) electrons. The molecule has 0 aliphatic rings. The molecule has 1 rings (SSSR count). The van der Waals surface area contributed by atoms with E-state index in [-0.39, 0.29) is 34.6 Å². The van der Waals surface area contributed by atoms with Gasteiger partial charge in [0.1, 0.15) is 5.03 Å². The monoisotopic (exact) mass is 196 g/mol. The molecular weight excluding hydrogens is 191 g/mol. The van der Waals surface area contributed by atoms with E-state index < -0.39 is 11.1 Å². The first-order chi connectivity index (χ1) is 5.24. The van der Waals surface area contributed by atoms with Gasteiger partial charge in [-0.05, 0) is 11.1 Å². The van der Waals surface area contributed by atoms with Gasteiger partial charge < -0.3 is 9.29 Å². The maximum absolute atomic E-state index is 10.3. The number of rotatable bonds is 2. The summed E-state index contributed by atoms with van der Waals surface area (Å²) in [6, 6.07) is 0. The van der Waals surface area contributed by atoms with Gasteiger partial charge in [-0.15, -0.1) is 0 Å². The van der Waals surface area contributed by atoms with Gasteiger partial charge in [-0.2, -0.15) is 0 Å². The molecule has 0 N–H and O–H groups in total. The molecule has 5 nitrogen and oxygen atoms in total. The van der Waals surface area contributed by atoms with Gasteiger partial charge >= 0.3 is 29.6 Å². The van der Waals surface area contributed by atoms with E-state index in [1.54, 1.807) is 0 Å². The Kier molecular flexibility index (Phi) is 5.60. The summed E-state index contributed by atoms with van der Waals surface area (Å²) in [5, 5.41) is -0.0919. The third-order valence-corrected chi connectivity index (χ3v) is 1.54. The van der Waals surface area contributed by atoms with Crippen molar-refractivity contribution in [1.82, 2.24) is 9.97 Å². The number of ether oxygens (including phenoxy) is 1. The molecule has 1 atom stereocenters. The number of nitrogens with zero attached hydrogens (tertiary/aromatic N) is 2. The normalized spacial score (nSPS) is 11.5. The molecule has 0 saturated heterocycles. The van der Waals surface area contributed by atoms with E-state index in [9.17, 15) is 8.76 Å². The molecular formula is C5H5N2NaO3S. The molecule has 1 aromatic heterocycles. The fourth-order valence-electron chi connectivity index (χ4n) is 0.496. The van der Waals surface area contributed by atoms with E-state index in [0.29, 0.717) is 5.88 Å². The summed E-state index contributed by atoms with van der Waals surface area (Å²) < 4.78 is 25.2. The smallest absolute Gasteiger partial charge is 0.767 e. The zero-order chi connectivity index (χ0) is 8.27. The van der Waals surface area contributed by atoms with Gasteiger partial charge in [0, 0.05) is 0 Å². The molecule has 0 aliphatic heterocycles. The van der Waals surface area contributed by atoms with Crippen molar-refractivity contribution < 1.29 is 43.1 Å². The first-order valence-electron chi connectivity index (χ1n) is 2.69. The van der Waals surface area contributed by atoms with Gasteiger partial charge in [-0.3, -0.25) is 4.21 Å². The molecule has 0 saturated carbocycles. The van der Waals surface area contributed by atoms with E-state index >= 15 is 0 Å². The van der Waals surface area contributed by atoms with Crippen molar-refractivity contribution >= 4 is 11.1 Å². The molecule has 1 aromatic rings.